The number of rotatable bonds is 0. The van der Waals surface area contributed by atoms with Crippen molar-refractivity contribution in [3.8, 4) is 0 Å². The Balaban J connectivity index is 2.26. The molecule has 2 aromatic carbocycles. The number of aryl methyl sites for hydroxylation is 2. The summed E-state index contributed by atoms with van der Waals surface area (Å²) in [5.41, 5.74) is 9.80. The predicted octanol–water partition coefficient (Wildman–Crippen LogP) is 4.77. The van der Waals surface area contributed by atoms with Crippen molar-refractivity contribution in [3.05, 3.63) is 69.8 Å². The second kappa shape index (κ2) is 4.13. The molecular formula is C18H18. The summed E-state index contributed by atoms with van der Waals surface area (Å²) >= 11 is 0. The van der Waals surface area contributed by atoms with Crippen LogP contribution in [0.3, 0.4) is 0 Å². The molecule has 2 aromatic rings. The zero-order chi connectivity index (χ0) is 12.7. The molecule has 0 saturated carbocycles. The van der Waals surface area contributed by atoms with E-state index in [0.717, 1.165) is 6.42 Å². The highest BCUT2D eigenvalue weighted by Gasteiger charge is 2.13. The fraction of sp³-hybridized carbons (Fsp3) is 0.222. The molecule has 0 amide bonds. The molecule has 1 aliphatic carbocycles. The first-order valence-electron chi connectivity index (χ1n) is 6.52. The molecule has 0 atom stereocenters. The van der Waals surface area contributed by atoms with Crippen LogP contribution in [0, 0.1) is 13.8 Å². The van der Waals surface area contributed by atoms with Crippen molar-refractivity contribution in [2.45, 2.75) is 27.2 Å². The van der Waals surface area contributed by atoms with E-state index in [1.54, 1.807) is 0 Å². The third-order valence-electron chi connectivity index (χ3n) is 3.95. The Hall–Kier alpha value is -1.82. The second-order valence-corrected chi connectivity index (χ2v) is 5.30. The van der Waals surface area contributed by atoms with E-state index in [1.807, 2.05) is 0 Å². The molecule has 0 bridgehead atoms. The first kappa shape index (κ1) is 11.3. The monoisotopic (exact) mass is 234 g/mol. The van der Waals surface area contributed by atoms with Crippen LogP contribution >= 0.6 is 0 Å². The van der Waals surface area contributed by atoms with Crippen LogP contribution in [0.4, 0.5) is 0 Å². The van der Waals surface area contributed by atoms with Crippen molar-refractivity contribution in [1.29, 1.82) is 0 Å². The van der Waals surface area contributed by atoms with Gasteiger partial charge in [0.05, 0.1) is 0 Å². The summed E-state index contributed by atoms with van der Waals surface area (Å²) in [5, 5.41) is 0. The number of fused-ring (bicyclic) bond motifs is 2. The molecule has 0 nitrogen and oxygen atoms in total. The van der Waals surface area contributed by atoms with Crippen LogP contribution in [-0.4, -0.2) is 0 Å². The lowest BCUT2D eigenvalue weighted by molar-refractivity contribution is 1.16. The Bertz CT molecular complexity index is 645. The minimum atomic E-state index is 1.04. The molecule has 0 aromatic heterocycles. The number of benzene rings is 2. The molecule has 3 rings (SSSR count). The van der Waals surface area contributed by atoms with Crippen molar-refractivity contribution >= 4 is 11.6 Å². The minimum Gasteiger partial charge on any atom is -0.0619 e. The molecule has 0 heterocycles. The van der Waals surface area contributed by atoms with Crippen molar-refractivity contribution in [2.75, 3.05) is 0 Å². The number of hydrogen-bond acceptors (Lipinski definition) is 0. The van der Waals surface area contributed by atoms with Gasteiger partial charge in [0.2, 0.25) is 0 Å². The van der Waals surface area contributed by atoms with Crippen LogP contribution in [-0.2, 0) is 6.42 Å². The molecule has 0 unspecified atom stereocenters. The molecule has 0 spiro atoms. The minimum absolute atomic E-state index is 1.04. The third kappa shape index (κ3) is 1.78. The Labute approximate surface area is 109 Å². The third-order valence-corrected chi connectivity index (χ3v) is 3.95. The first-order valence-corrected chi connectivity index (χ1v) is 6.52. The summed E-state index contributed by atoms with van der Waals surface area (Å²) in [6.45, 7) is 6.61. The maximum absolute atomic E-state index is 2.35. The highest BCUT2D eigenvalue weighted by molar-refractivity contribution is 5.84. The van der Waals surface area contributed by atoms with Gasteiger partial charge in [-0.05, 0) is 66.1 Å². The standard InChI is InChI=1S/C18H18/c1-12-8-17-11-16-7-5-4-6-15(16)9-14(3)18(17)10-13(12)2/h4-10H,11H2,1-3H3. The molecule has 0 N–H and O–H groups in total. The topological polar surface area (TPSA) is 0 Å². The van der Waals surface area contributed by atoms with Crippen LogP contribution in [0.2, 0.25) is 0 Å². The van der Waals surface area contributed by atoms with Gasteiger partial charge in [-0.3, -0.25) is 0 Å². The summed E-state index contributed by atoms with van der Waals surface area (Å²) in [4.78, 5) is 0. The smallest absolute Gasteiger partial charge is 0.00137 e. The van der Waals surface area contributed by atoms with Crippen LogP contribution in [0.5, 0.6) is 0 Å². The van der Waals surface area contributed by atoms with E-state index in [-0.39, 0.29) is 0 Å². The molecule has 90 valence electrons. The molecule has 0 heteroatoms. The quantitative estimate of drug-likeness (QED) is 0.616. The van der Waals surface area contributed by atoms with E-state index in [4.69, 9.17) is 0 Å². The molecular weight excluding hydrogens is 216 g/mol. The lowest BCUT2D eigenvalue weighted by atomic mass is 9.94. The van der Waals surface area contributed by atoms with Crippen molar-refractivity contribution < 1.29 is 0 Å². The van der Waals surface area contributed by atoms with Gasteiger partial charge in [0.25, 0.3) is 0 Å². The van der Waals surface area contributed by atoms with Gasteiger partial charge >= 0.3 is 0 Å². The van der Waals surface area contributed by atoms with E-state index in [1.165, 1.54) is 39.0 Å². The average molecular weight is 234 g/mol. The van der Waals surface area contributed by atoms with E-state index in [9.17, 15) is 0 Å². The molecule has 0 radical (unpaired) electrons. The predicted molar refractivity (Wildman–Crippen MR) is 78.7 cm³/mol. The summed E-state index contributed by atoms with van der Waals surface area (Å²) in [6.07, 6.45) is 3.36. The van der Waals surface area contributed by atoms with E-state index < -0.39 is 0 Å². The lowest BCUT2D eigenvalue weighted by Crippen LogP contribution is -1.95. The largest absolute Gasteiger partial charge is 0.0619 e. The highest BCUT2D eigenvalue weighted by Crippen LogP contribution is 2.31. The number of allylic oxidation sites excluding steroid dienone is 1. The summed E-state index contributed by atoms with van der Waals surface area (Å²) in [6, 6.07) is 13.4. The highest BCUT2D eigenvalue weighted by atomic mass is 14.2. The summed E-state index contributed by atoms with van der Waals surface area (Å²) < 4.78 is 0. The molecule has 1 aliphatic rings. The van der Waals surface area contributed by atoms with E-state index >= 15 is 0 Å². The van der Waals surface area contributed by atoms with Crippen LogP contribution in [0.25, 0.3) is 11.6 Å². The Morgan fingerprint density at radius 1 is 0.833 bits per heavy atom. The van der Waals surface area contributed by atoms with Gasteiger partial charge in [-0.2, -0.15) is 0 Å². The Morgan fingerprint density at radius 3 is 2.39 bits per heavy atom. The van der Waals surface area contributed by atoms with Gasteiger partial charge < -0.3 is 0 Å². The van der Waals surface area contributed by atoms with Gasteiger partial charge in [-0.25, -0.2) is 0 Å². The van der Waals surface area contributed by atoms with E-state index in [0.29, 0.717) is 0 Å². The first-order chi connectivity index (χ1) is 8.65. The SMILES string of the molecule is CC1=Cc2ccccc2Cc2cc(C)c(C)cc21. The average Bonchev–Trinajstić information content (AvgIpc) is 2.47. The summed E-state index contributed by atoms with van der Waals surface area (Å²) in [7, 11) is 0. The van der Waals surface area contributed by atoms with Crippen LogP contribution in [0.1, 0.15) is 40.3 Å². The summed E-state index contributed by atoms with van der Waals surface area (Å²) in [5.74, 6) is 0. The fourth-order valence-corrected chi connectivity index (χ4v) is 2.74. The van der Waals surface area contributed by atoms with Crippen LogP contribution < -0.4 is 0 Å². The van der Waals surface area contributed by atoms with Gasteiger partial charge in [0, 0.05) is 0 Å². The van der Waals surface area contributed by atoms with Gasteiger partial charge in [0.15, 0.2) is 0 Å². The lowest BCUT2D eigenvalue weighted by Gasteiger charge is -2.11. The van der Waals surface area contributed by atoms with Gasteiger partial charge in [-0.15, -0.1) is 0 Å². The Morgan fingerprint density at radius 2 is 1.56 bits per heavy atom. The van der Waals surface area contributed by atoms with Crippen LogP contribution in [0.15, 0.2) is 36.4 Å². The van der Waals surface area contributed by atoms with Crippen molar-refractivity contribution in [2.24, 2.45) is 0 Å². The van der Waals surface area contributed by atoms with Gasteiger partial charge in [-0.1, -0.05) is 42.5 Å². The molecule has 0 saturated heterocycles. The maximum Gasteiger partial charge on any atom is -0.00137 e. The number of hydrogen-bond donors (Lipinski definition) is 0. The van der Waals surface area contributed by atoms with Crippen molar-refractivity contribution in [3.63, 3.8) is 0 Å². The zero-order valence-corrected chi connectivity index (χ0v) is 11.2. The molecule has 18 heavy (non-hydrogen) atoms. The fourth-order valence-electron chi connectivity index (χ4n) is 2.74. The second-order valence-electron chi connectivity index (χ2n) is 5.30. The molecule has 0 fully saturated rings. The van der Waals surface area contributed by atoms with E-state index in [2.05, 4.69) is 63.2 Å². The Kier molecular flexibility index (Phi) is 2.59. The van der Waals surface area contributed by atoms with Gasteiger partial charge in [0.1, 0.15) is 0 Å². The van der Waals surface area contributed by atoms with Crippen molar-refractivity contribution in [1.82, 2.24) is 0 Å². The normalized spacial score (nSPS) is 13.4. The molecule has 0 aliphatic heterocycles. The maximum atomic E-state index is 2.35. The zero-order valence-electron chi connectivity index (χ0n) is 11.2.